The van der Waals surface area contributed by atoms with Gasteiger partial charge in [0.2, 0.25) is 0 Å². The monoisotopic (exact) mass is 693 g/mol. The molecule has 6 nitrogen and oxygen atoms in total. The summed E-state index contributed by atoms with van der Waals surface area (Å²) in [6.07, 6.45) is 25.4. The van der Waals surface area contributed by atoms with E-state index in [2.05, 4.69) is 34.4 Å². The van der Waals surface area contributed by atoms with Crippen molar-refractivity contribution in [3.63, 3.8) is 0 Å². The molecule has 41 heavy (non-hydrogen) atoms. The lowest BCUT2D eigenvalue weighted by Gasteiger charge is -2.28. The highest BCUT2D eigenvalue weighted by Crippen LogP contribution is 2.30. The number of aliphatic hydroxyl groups excluding tert-OH is 1. The normalized spacial score (nSPS) is 17.2. The van der Waals surface area contributed by atoms with Gasteiger partial charge in [0, 0.05) is 19.4 Å². The number of esters is 2. The minimum atomic E-state index is -0.0296. The van der Waals surface area contributed by atoms with Crippen LogP contribution in [-0.4, -0.2) is 65.3 Å². The summed E-state index contributed by atoms with van der Waals surface area (Å²) in [6.45, 7) is 5.80. The third-order valence-electron chi connectivity index (χ3n) is 8.48. The molecule has 0 amide bonds. The smallest absolute Gasteiger partial charge is 0.306 e. The second-order valence-corrected chi connectivity index (χ2v) is 13.3. The van der Waals surface area contributed by atoms with Gasteiger partial charge >= 0.3 is 11.9 Å². The van der Waals surface area contributed by atoms with Crippen molar-refractivity contribution in [2.75, 3.05) is 37.3 Å². The molecular formula is C34H64INO5. The van der Waals surface area contributed by atoms with Crippen molar-refractivity contribution < 1.29 is 24.2 Å². The number of hydrogen-bond acceptors (Lipinski definition) is 6. The Morgan fingerprint density at radius 1 is 0.707 bits per heavy atom. The molecule has 7 heteroatoms. The number of carbonyl (C=O) groups excluding carboxylic acids is 2. The Hall–Kier alpha value is -0.410. The fourth-order valence-corrected chi connectivity index (χ4v) is 6.37. The number of carbonyl (C=O) groups is 2. The van der Waals surface area contributed by atoms with Gasteiger partial charge in [-0.05, 0) is 87.6 Å². The number of halogens is 1. The van der Waals surface area contributed by atoms with Crippen molar-refractivity contribution >= 4 is 34.5 Å². The highest BCUT2D eigenvalue weighted by atomic mass is 127. The van der Waals surface area contributed by atoms with Crippen molar-refractivity contribution in [3.8, 4) is 0 Å². The van der Waals surface area contributed by atoms with E-state index in [0.717, 1.165) is 89.8 Å². The van der Waals surface area contributed by atoms with Crippen LogP contribution >= 0.6 is 22.6 Å². The Morgan fingerprint density at radius 3 is 1.90 bits per heavy atom. The van der Waals surface area contributed by atoms with Gasteiger partial charge in [0.25, 0.3) is 0 Å². The molecule has 0 aromatic carbocycles. The van der Waals surface area contributed by atoms with E-state index in [1.165, 1.54) is 75.1 Å². The molecule has 0 radical (unpaired) electrons. The maximum absolute atomic E-state index is 12.3. The summed E-state index contributed by atoms with van der Waals surface area (Å²) < 4.78 is 12.3. The Balaban J connectivity index is 1.94. The zero-order chi connectivity index (χ0) is 29.8. The van der Waals surface area contributed by atoms with E-state index in [1.807, 2.05) is 0 Å². The first-order valence-corrected chi connectivity index (χ1v) is 18.9. The molecule has 1 aliphatic rings. The highest BCUT2D eigenvalue weighted by Gasteiger charge is 2.23. The number of rotatable bonds is 28. The molecule has 0 aromatic rings. The van der Waals surface area contributed by atoms with E-state index in [-0.39, 0.29) is 24.6 Å². The molecule has 1 aliphatic carbocycles. The molecule has 1 N–H and O–H groups in total. The van der Waals surface area contributed by atoms with Crippen LogP contribution in [0.4, 0.5) is 0 Å². The van der Waals surface area contributed by atoms with Gasteiger partial charge in [-0.15, -0.1) is 0 Å². The lowest BCUT2D eigenvalue weighted by Crippen LogP contribution is -2.29. The van der Waals surface area contributed by atoms with Gasteiger partial charge in [-0.3, -0.25) is 9.59 Å². The number of aliphatic hydroxyl groups is 1. The van der Waals surface area contributed by atoms with E-state index in [9.17, 15) is 14.7 Å². The summed E-state index contributed by atoms with van der Waals surface area (Å²) in [5.41, 5.74) is 0. The predicted octanol–water partition coefficient (Wildman–Crippen LogP) is 8.79. The third-order valence-corrected chi connectivity index (χ3v) is 9.24. The number of hydrogen-bond donors (Lipinski definition) is 1. The summed E-state index contributed by atoms with van der Waals surface area (Å²) in [7, 11) is 0. The van der Waals surface area contributed by atoms with Crippen LogP contribution in [-0.2, 0) is 19.1 Å². The summed E-state index contributed by atoms with van der Waals surface area (Å²) in [4.78, 5) is 26.4. The second-order valence-electron chi connectivity index (χ2n) is 12.2. The number of ether oxygens (including phenoxy) is 2. The fraction of sp³-hybridized carbons (Fsp3) is 0.941. The first-order chi connectivity index (χ1) is 20.1. The summed E-state index contributed by atoms with van der Waals surface area (Å²) >= 11 is 2.40. The molecule has 0 heterocycles. The molecule has 0 saturated heterocycles. The van der Waals surface area contributed by atoms with Crippen molar-refractivity contribution in [1.29, 1.82) is 0 Å². The SMILES string of the molecule is CCCCC1CCC(OC(=O)CCCCCN(CCO)CCCCCCCCCC(=O)OCCCCCCI)CC1. The van der Waals surface area contributed by atoms with Crippen molar-refractivity contribution in [3.05, 3.63) is 0 Å². The van der Waals surface area contributed by atoms with Gasteiger partial charge in [0.15, 0.2) is 0 Å². The first-order valence-electron chi connectivity index (χ1n) is 17.3. The van der Waals surface area contributed by atoms with Crippen LogP contribution in [0.5, 0.6) is 0 Å². The van der Waals surface area contributed by atoms with E-state index in [0.29, 0.717) is 19.4 Å². The molecule has 0 bridgehead atoms. The highest BCUT2D eigenvalue weighted by molar-refractivity contribution is 14.1. The van der Waals surface area contributed by atoms with Crippen molar-refractivity contribution in [2.24, 2.45) is 5.92 Å². The van der Waals surface area contributed by atoms with Crippen LogP contribution in [0.3, 0.4) is 0 Å². The maximum atomic E-state index is 12.3. The molecule has 1 rings (SSSR count). The molecule has 0 aliphatic heterocycles. The van der Waals surface area contributed by atoms with Crippen molar-refractivity contribution in [2.45, 2.75) is 161 Å². The summed E-state index contributed by atoms with van der Waals surface area (Å²) in [5, 5.41) is 9.44. The van der Waals surface area contributed by atoms with Gasteiger partial charge in [-0.1, -0.05) is 100 Å². The second kappa shape index (κ2) is 28.4. The molecule has 1 fully saturated rings. The number of nitrogens with zero attached hydrogens (tertiary/aromatic N) is 1. The minimum absolute atomic E-state index is 0.0119. The largest absolute Gasteiger partial charge is 0.466 e. The van der Waals surface area contributed by atoms with E-state index in [4.69, 9.17) is 9.47 Å². The number of alkyl halides is 1. The Morgan fingerprint density at radius 2 is 1.27 bits per heavy atom. The molecule has 242 valence electrons. The summed E-state index contributed by atoms with van der Waals surface area (Å²) in [5.74, 6) is 0.801. The van der Waals surface area contributed by atoms with Crippen LogP contribution in [0.25, 0.3) is 0 Å². The third kappa shape index (κ3) is 23.7. The van der Waals surface area contributed by atoms with Gasteiger partial charge < -0.3 is 19.5 Å². The zero-order valence-corrected chi connectivity index (χ0v) is 28.7. The molecule has 0 atom stereocenters. The van der Waals surface area contributed by atoms with E-state index in [1.54, 1.807) is 0 Å². The maximum Gasteiger partial charge on any atom is 0.306 e. The molecule has 0 unspecified atom stereocenters. The van der Waals surface area contributed by atoms with Gasteiger partial charge in [-0.25, -0.2) is 0 Å². The molecule has 0 spiro atoms. The minimum Gasteiger partial charge on any atom is -0.466 e. The van der Waals surface area contributed by atoms with Crippen LogP contribution in [0.2, 0.25) is 0 Å². The lowest BCUT2D eigenvalue weighted by atomic mass is 9.84. The topological polar surface area (TPSA) is 76.1 Å². The van der Waals surface area contributed by atoms with Crippen LogP contribution < -0.4 is 0 Å². The Bertz CT molecular complexity index is 612. The lowest BCUT2D eigenvalue weighted by molar-refractivity contribution is -0.151. The van der Waals surface area contributed by atoms with Crippen LogP contribution in [0.15, 0.2) is 0 Å². The molecular weight excluding hydrogens is 629 g/mol. The van der Waals surface area contributed by atoms with E-state index >= 15 is 0 Å². The van der Waals surface area contributed by atoms with Crippen molar-refractivity contribution in [1.82, 2.24) is 4.90 Å². The average Bonchev–Trinajstić information content (AvgIpc) is 2.97. The quantitative estimate of drug-likeness (QED) is 0.0382. The standard InChI is InChI=1S/C34H64INO5/c1-2-3-18-31-21-23-32(24-22-31)41-34(39)20-13-11-16-27-36(28-29-37)26-15-9-6-4-5-7-12-19-33(38)40-30-17-10-8-14-25-35/h31-32,37H,2-30H2,1H3. The van der Waals surface area contributed by atoms with Gasteiger partial charge in [0.1, 0.15) is 6.10 Å². The first kappa shape index (κ1) is 38.6. The molecule has 0 aromatic heterocycles. The van der Waals surface area contributed by atoms with Gasteiger partial charge in [-0.2, -0.15) is 0 Å². The van der Waals surface area contributed by atoms with Crippen LogP contribution in [0.1, 0.15) is 155 Å². The predicted molar refractivity (Wildman–Crippen MR) is 179 cm³/mol. The molecule has 1 saturated carbocycles. The van der Waals surface area contributed by atoms with Gasteiger partial charge in [0.05, 0.1) is 13.2 Å². The average molecular weight is 694 g/mol. The number of unbranched alkanes of at least 4 members (excludes halogenated alkanes) is 12. The zero-order valence-electron chi connectivity index (χ0n) is 26.6. The summed E-state index contributed by atoms with van der Waals surface area (Å²) in [6, 6.07) is 0. The van der Waals surface area contributed by atoms with E-state index < -0.39 is 0 Å². The Kier molecular flexibility index (Phi) is 26.7. The Labute approximate surface area is 266 Å². The fourth-order valence-electron chi connectivity index (χ4n) is 5.83. The van der Waals surface area contributed by atoms with Crippen LogP contribution in [0, 0.1) is 5.92 Å².